The smallest absolute Gasteiger partial charge is 0.254 e. The number of carbonyl (C=O) groups is 1. The molecule has 1 N–H and O–H groups in total. The predicted octanol–water partition coefficient (Wildman–Crippen LogP) is 5.14. The Bertz CT molecular complexity index is 1450. The van der Waals surface area contributed by atoms with Crippen molar-refractivity contribution >= 4 is 28.2 Å². The van der Waals surface area contributed by atoms with Crippen LogP contribution >= 0.6 is 0 Å². The average Bonchev–Trinajstić information content (AvgIpc) is 3.67. The van der Waals surface area contributed by atoms with E-state index in [9.17, 15) is 4.79 Å². The first kappa shape index (κ1) is 26.0. The molecule has 2 aromatic heterocycles. The number of carbonyl (C=O) groups excluding carboxylic acids is 1. The summed E-state index contributed by atoms with van der Waals surface area (Å²) in [6.45, 7) is 9.28. The zero-order valence-corrected chi connectivity index (χ0v) is 23.4. The zero-order valence-electron chi connectivity index (χ0n) is 23.4. The number of hydrogen-bond donors (Lipinski definition) is 1. The quantitative estimate of drug-likeness (QED) is 0.432. The Morgan fingerprint density at radius 1 is 1.00 bits per heavy atom. The van der Waals surface area contributed by atoms with Crippen LogP contribution in [0.5, 0.6) is 0 Å². The second kappa shape index (κ2) is 10.7. The zero-order chi connectivity index (χ0) is 27.0. The van der Waals surface area contributed by atoms with Gasteiger partial charge in [0.15, 0.2) is 0 Å². The summed E-state index contributed by atoms with van der Waals surface area (Å²) in [5, 5.41) is 4.33. The molecule has 0 spiro atoms. The predicted molar refractivity (Wildman–Crippen MR) is 156 cm³/mol. The standard InChI is InChI=1S/C31H38N6O/c1-19-7-10-27-24(15-19)25(31(38)37(6)18-23-17-33-30(20(23)2)22-8-9-22)16-29(35-27)28-12-11-26(21(3)34-28)32-13-14-36(4)5/h7,10-12,15-16,22,32H,8-9,13-14,17-18H2,1-6H3. The third kappa shape index (κ3) is 5.48. The molecule has 3 heterocycles. The molecule has 1 aliphatic carbocycles. The minimum absolute atomic E-state index is 0.0110. The van der Waals surface area contributed by atoms with Gasteiger partial charge in [0.25, 0.3) is 5.91 Å². The molecule has 7 heteroatoms. The van der Waals surface area contributed by atoms with Crippen molar-refractivity contribution in [2.75, 3.05) is 52.6 Å². The van der Waals surface area contributed by atoms with Crippen LogP contribution in [0, 0.1) is 19.8 Å². The van der Waals surface area contributed by atoms with Gasteiger partial charge in [-0.05, 0) is 89.2 Å². The molecule has 7 nitrogen and oxygen atoms in total. The van der Waals surface area contributed by atoms with E-state index in [2.05, 4.69) is 43.4 Å². The fourth-order valence-electron chi connectivity index (χ4n) is 5.08. The number of aryl methyl sites for hydroxylation is 2. The normalized spacial score (nSPS) is 15.4. The molecule has 3 aromatic rings. The van der Waals surface area contributed by atoms with Crippen LogP contribution in [0.15, 0.2) is 52.5 Å². The van der Waals surface area contributed by atoms with Crippen LogP contribution in [0.4, 0.5) is 5.69 Å². The maximum Gasteiger partial charge on any atom is 0.254 e. The van der Waals surface area contributed by atoms with Gasteiger partial charge in [0.2, 0.25) is 0 Å². The van der Waals surface area contributed by atoms with E-state index in [0.29, 0.717) is 30.3 Å². The minimum atomic E-state index is -0.0110. The summed E-state index contributed by atoms with van der Waals surface area (Å²) in [5.74, 6) is 0.622. The number of nitrogens with zero attached hydrogens (tertiary/aromatic N) is 5. The molecule has 0 radical (unpaired) electrons. The van der Waals surface area contributed by atoms with Crippen LogP contribution in [-0.4, -0.2) is 78.7 Å². The van der Waals surface area contributed by atoms with E-state index in [4.69, 9.17) is 15.0 Å². The Balaban J connectivity index is 1.44. The fourth-order valence-corrected chi connectivity index (χ4v) is 5.08. The fraction of sp³-hybridized carbons (Fsp3) is 0.419. The molecule has 0 atom stereocenters. The lowest BCUT2D eigenvalue weighted by atomic mass is 10.0. The summed E-state index contributed by atoms with van der Waals surface area (Å²) >= 11 is 0. The first-order valence-electron chi connectivity index (χ1n) is 13.5. The van der Waals surface area contributed by atoms with Crippen molar-refractivity contribution in [1.29, 1.82) is 0 Å². The van der Waals surface area contributed by atoms with Gasteiger partial charge in [-0.15, -0.1) is 0 Å². The van der Waals surface area contributed by atoms with Crippen LogP contribution < -0.4 is 5.32 Å². The van der Waals surface area contributed by atoms with Crippen molar-refractivity contribution in [3.63, 3.8) is 0 Å². The number of aliphatic imine (C=N–C) groups is 1. The molecule has 38 heavy (non-hydrogen) atoms. The van der Waals surface area contributed by atoms with E-state index >= 15 is 0 Å². The van der Waals surface area contributed by atoms with Gasteiger partial charge in [-0.3, -0.25) is 9.79 Å². The third-order valence-corrected chi connectivity index (χ3v) is 7.51. The number of benzene rings is 1. The Labute approximate surface area is 225 Å². The number of aromatic nitrogens is 2. The second-order valence-electron chi connectivity index (χ2n) is 11.0. The molecular formula is C31H38N6O. The van der Waals surface area contributed by atoms with Crippen molar-refractivity contribution in [1.82, 2.24) is 19.8 Å². The van der Waals surface area contributed by atoms with Crippen LogP contribution in [0.25, 0.3) is 22.3 Å². The Hall–Kier alpha value is -3.58. The van der Waals surface area contributed by atoms with Crippen molar-refractivity contribution in [3.8, 4) is 11.4 Å². The summed E-state index contributed by atoms with van der Waals surface area (Å²) in [6, 6.07) is 12.0. The summed E-state index contributed by atoms with van der Waals surface area (Å²) in [4.78, 5) is 32.4. The molecule has 5 rings (SSSR count). The first-order chi connectivity index (χ1) is 18.2. The second-order valence-corrected chi connectivity index (χ2v) is 11.0. The lowest BCUT2D eigenvalue weighted by Gasteiger charge is -2.20. The molecular weight excluding hydrogens is 472 g/mol. The number of nitrogens with one attached hydrogen (secondary N) is 1. The molecule has 1 aliphatic heterocycles. The molecule has 2 aliphatic rings. The van der Waals surface area contributed by atoms with Crippen molar-refractivity contribution in [2.45, 2.75) is 33.6 Å². The highest BCUT2D eigenvalue weighted by molar-refractivity contribution is 6.08. The summed E-state index contributed by atoms with van der Waals surface area (Å²) in [7, 11) is 6.00. The highest BCUT2D eigenvalue weighted by Gasteiger charge is 2.32. The van der Waals surface area contributed by atoms with E-state index in [-0.39, 0.29) is 5.91 Å². The van der Waals surface area contributed by atoms with Gasteiger partial charge in [0.1, 0.15) is 0 Å². The molecule has 1 aromatic carbocycles. The van der Waals surface area contributed by atoms with Gasteiger partial charge in [-0.1, -0.05) is 11.6 Å². The molecule has 0 saturated heterocycles. The Morgan fingerprint density at radius 2 is 1.79 bits per heavy atom. The van der Waals surface area contributed by atoms with Crippen molar-refractivity contribution in [2.24, 2.45) is 10.9 Å². The lowest BCUT2D eigenvalue weighted by Crippen LogP contribution is -2.29. The third-order valence-electron chi connectivity index (χ3n) is 7.51. The number of likely N-dealkylation sites (N-methyl/N-ethyl adjacent to an activating group) is 2. The van der Waals surface area contributed by atoms with Gasteiger partial charge in [-0.25, -0.2) is 9.97 Å². The molecule has 198 valence electrons. The van der Waals surface area contributed by atoms with Gasteiger partial charge in [0, 0.05) is 43.7 Å². The molecule has 0 unspecified atom stereocenters. The topological polar surface area (TPSA) is 73.7 Å². The van der Waals surface area contributed by atoms with Crippen LogP contribution in [0.1, 0.15) is 41.4 Å². The molecule has 1 fully saturated rings. The average molecular weight is 511 g/mol. The van der Waals surface area contributed by atoms with Gasteiger partial charge < -0.3 is 15.1 Å². The number of hydrogen-bond acceptors (Lipinski definition) is 6. The van der Waals surface area contributed by atoms with Crippen molar-refractivity contribution in [3.05, 3.63) is 64.4 Å². The lowest BCUT2D eigenvalue weighted by molar-refractivity contribution is 0.0808. The van der Waals surface area contributed by atoms with Gasteiger partial charge >= 0.3 is 0 Å². The number of rotatable bonds is 9. The van der Waals surface area contributed by atoms with Crippen molar-refractivity contribution < 1.29 is 4.79 Å². The highest BCUT2D eigenvalue weighted by atomic mass is 16.2. The van der Waals surface area contributed by atoms with Crippen LogP contribution in [0.2, 0.25) is 0 Å². The maximum absolute atomic E-state index is 13.9. The number of fused-ring (bicyclic) bond motifs is 1. The number of pyridine rings is 2. The summed E-state index contributed by atoms with van der Waals surface area (Å²) < 4.78 is 0. The molecule has 0 bridgehead atoms. The Kier molecular flexibility index (Phi) is 7.30. The van der Waals surface area contributed by atoms with Gasteiger partial charge in [-0.2, -0.15) is 0 Å². The largest absolute Gasteiger partial charge is 0.382 e. The number of amides is 1. The maximum atomic E-state index is 13.9. The summed E-state index contributed by atoms with van der Waals surface area (Å²) in [6.07, 6.45) is 2.48. The first-order valence-corrected chi connectivity index (χ1v) is 13.5. The Morgan fingerprint density at radius 3 is 2.50 bits per heavy atom. The summed E-state index contributed by atoms with van der Waals surface area (Å²) in [5.41, 5.74) is 9.72. The molecule has 1 saturated carbocycles. The SMILES string of the molecule is CC1=C(CN(C)C(=O)c2cc(-c3ccc(NCCN(C)C)c(C)n3)nc3ccc(C)cc23)CN=C1C1CC1. The van der Waals surface area contributed by atoms with Crippen LogP contribution in [-0.2, 0) is 0 Å². The van der Waals surface area contributed by atoms with E-state index in [1.165, 1.54) is 29.7 Å². The molecule has 1 amide bonds. The van der Waals surface area contributed by atoms with E-state index in [0.717, 1.165) is 46.6 Å². The van der Waals surface area contributed by atoms with E-state index < -0.39 is 0 Å². The van der Waals surface area contributed by atoms with E-state index in [1.54, 1.807) is 0 Å². The minimum Gasteiger partial charge on any atom is -0.382 e. The monoisotopic (exact) mass is 510 g/mol. The number of anilines is 1. The van der Waals surface area contributed by atoms with E-state index in [1.807, 2.05) is 50.1 Å². The highest BCUT2D eigenvalue weighted by Crippen LogP contribution is 2.36. The van der Waals surface area contributed by atoms with Crippen LogP contribution in [0.3, 0.4) is 0 Å². The number of allylic oxidation sites excluding steroid dienone is 1. The van der Waals surface area contributed by atoms with Gasteiger partial charge in [0.05, 0.1) is 40.4 Å².